The monoisotopic (exact) mass is 379 g/mol. The molecule has 0 saturated carbocycles. The molecule has 2 N–H and O–H groups in total. The number of likely N-dealkylation sites (tertiary alicyclic amines) is 1. The van der Waals surface area contributed by atoms with Gasteiger partial charge in [-0.3, -0.25) is 4.79 Å². The average Bonchev–Trinajstić information content (AvgIpc) is 2.69. The van der Waals surface area contributed by atoms with Crippen LogP contribution in [0, 0.1) is 19.8 Å². The van der Waals surface area contributed by atoms with Crippen LogP contribution in [0.15, 0.2) is 48.5 Å². The molecular weight excluding hydrogens is 350 g/mol. The summed E-state index contributed by atoms with van der Waals surface area (Å²) in [6.45, 7) is 6.21. The second-order valence-electron chi connectivity index (χ2n) is 7.64. The summed E-state index contributed by atoms with van der Waals surface area (Å²) in [5.74, 6) is 0.524. The smallest absolute Gasteiger partial charge is 0.321 e. The molecule has 28 heavy (non-hydrogen) atoms. The van der Waals surface area contributed by atoms with Gasteiger partial charge in [-0.2, -0.15) is 0 Å². The number of nitrogens with one attached hydrogen (secondary N) is 2. The zero-order valence-electron chi connectivity index (χ0n) is 16.7. The Morgan fingerprint density at radius 1 is 1.00 bits per heavy atom. The van der Waals surface area contributed by atoms with E-state index in [0.717, 1.165) is 49.2 Å². The van der Waals surface area contributed by atoms with E-state index in [1.807, 2.05) is 67.3 Å². The van der Waals surface area contributed by atoms with Gasteiger partial charge in [-0.25, -0.2) is 4.79 Å². The third-order valence-corrected chi connectivity index (χ3v) is 5.32. The molecule has 0 bridgehead atoms. The van der Waals surface area contributed by atoms with E-state index in [-0.39, 0.29) is 11.9 Å². The zero-order valence-corrected chi connectivity index (χ0v) is 16.7. The lowest BCUT2D eigenvalue weighted by molar-refractivity contribution is 0.0949. The number of carbonyl (C=O) groups excluding carboxylic acids is 2. The van der Waals surface area contributed by atoms with E-state index < -0.39 is 0 Å². The predicted octanol–water partition coefficient (Wildman–Crippen LogP) is 4.37. The van der Waals surface area contributed by atoms with E-state index in [1.165, 1.54) is 0 Å². The van der Waals surface area contributed by atoms with Crippen molar-refractivity contribution in [2.24, 2.45) is 5.92 Å². The SMILES string of the molecule is Cc1ccc(C(=O)NCCC2CCN(C(=O)Nc3cccc(C)c3)CC2)cc1. The summed E-state index contributed by atoms with van der Waals surface area (Å²) in [6, 6.07) is 15.4. The number of aryl methyl sites for hydroxylation is 2. The lowest BCUT2D eigenvalue weighted by Crippen LogP contribution is -2.41. The average molecular weight is 380 g/mol. The maximum Gasteiger partial charge on any atom is 0.321 e. The standard InChI is InChI=1S/C23H29N3O2/c1-17-6-8-20(9-7-17)22(27)24-13-10-19-11-14-26(15-12-19)23(28)25-21-5-3-4-18(2)16-21/h3-9,16,19H,10-15H2,1-2H3,(H,24,27)(H,25,28). The van der Waals surface area contributed by atoms with Gasteiger partial charge in [-0.15, -0.1) is 0 Å². The highest BCUT2D eigenvalue weighted by atomic mass is 16.2. The molecule has 1 aliphatic heterocycles. The molecule has 0 radical (unpaired) electrons. The maximum atomic E-state index is 12.4. The van der Waals surface area contributed by atoms with Crippen molar-refractivity contribution in [2.75, 3.05) is 25.0 Å². The number of benzene rings is 2. The number of amides is 3. The molecule has 2 aromatic carbocycles. The molecule has 1 aliphatic rings. The number of hydrogen-bond acceptors (Lipinski definition) is 2. The van der Waals surface area contributed by atoms with Gasteiger partial charge in [-0.05, 0) is 68.9 Å². The topological polar surface area (TPSA) is 61.4 Å². The molecule has 3 amide bonds. The summed E-state index contributed by atoms with van der Waals surface area (Å²) in [5, 5.41) is 5.98. The van der Waals surface area contributed by atoms with Gasteiger partial charge in [0.15, 0.2) is 0 Å². The van der Waals surface area contributed by atoms with Crippen LogP contribution in [0.3, 0.4) is 0 Å². The highest BCUT2D eigenvalue weighted by molar-refractivity contribution is 5.94. The molecule has 0 unspecified atom stereocenters. The summed E-state index contributed by atoms with van der Waals surface area (Å²) < 4.78 is 0. The minimum absolute atomic E-state index is 0.0185. The maximum absolute atomic E-state index is 12.4. The fourth-order valence-electron chi connectivity index (χ4n) is 3.55. The molecule has 148 valence electrons. The van der Waals surface area contributed by atoms with Crippen molar-refractivity contribution in [3.63, 3.8) is 0 Å². The van der Waals surface area contributed by atoms with E-state index in [4.69, 9.17) is 0 Å². The summed E-state index contributed by atoms with van der Waals surface area (Å²) in [4.78, 5) is 26.5. The Labute approximate surface area is 167 Å². The number of nitrogens with zero attached hydrogens (tertiary/aromatic N) is 1. The normalized spacial score (nSPS) is 14.6. The molecule has 5 heteroatoms. The minimum Gasteiger partial charge on any atom is -0.352 e. The summed E-state index contributed by atoms with van der Waals surface area (Å²) in [5.41, 5.74) is 3.82. The Bertz CT molecular complexity index is 809. The molecular formula is C23H29N3O2. The first-order valence-corrected chi connectivity index (χ1v) is 9.99. The fraction of sp³-hybridized carbons (Fsp3) is 0.391. The number of rotatable bonds is 5. The second kappa shape index (κ2) is 9.40. The van der Waals surface area contributed by atoms with Crippen LogP contribution in [0.25, 0.3) is 0 Å². The van der Waals surface area contributed by atoms with E-state index in [2.05, 4.69) is 10.6 Å². The largest absolute Gasteiger partial charge is 0.352 e. The zero-order chi connectivity index (χ0) is 19.9. The molecule has 0 spiro atoms. The molecule has 5 nitrogen and oxygen atoms in total. The first-order valence-electron chi connectivity index (χ1n) is 9.99. The lowest BCUT2D eigenvalue weighted by atomic mass is 9.93. The van der Waals surface area contributed by atoms with Gasteiger partial charge >= 0.3 is 6.03 Å². The Balaban J connectivity index is 1.37. The molecule has 0 atom stereocenters. The first kappa shape index (κ1) is 19.9. The Kier molecular flexibility index (Phi) is 6.69. The Morgan fingerprint density at radius 3 is 2.39 bits per heavy atom. The van der Waals surface area contributed by atoms with Crippen LogP contribution in [0.2, 0.25) is 0 Å². The number of anilines is 1. The van der Waals surface area contributed by atoms with Gasteiger partial charge in [0.25, 0.3) is 5.91 Å². The quantitative estimate of drug-likeness (QED) is 0.810. The van der Waals surface area contributed by atoms with Crippen molar-refractivity contribution in [1.29, 1.82) is 0 Å². The van der Waals surface area contributed by atoms with Crippen LogP contribution in [0.4, 0.5) is 10.5 Å². The summed E-state index contributed by atoms with van der Waals surface area (Å²) >= 11 is 0. The first-order chi connectivity index (χ1) is 13.5. The number of piperidine rings is 1. The van der Waals surface area contributed by atoms with Crippen LogP contribution in [-0.2, 0) is 0 Å². The summed E-state index contributed by atoms with van der Waals surface area (Å²) in [7, 11) is 0. The van der Waals surface area contributed by atoms with Crippen LogP contribution < -0.4 is 10.6 Å². The van der Waals surface area contributed by atoms with Gasteiger partial charge < -0.3 is 15.5 Å². The highest BCUT2D eigenvalue weighted by Gasteiger charge is 2.22. The van der Waals surface area contributed by atoms with Crippen molar-refractivity contribution in [3.8, 4) is 0 Å². The van der Waals surface area contributed by atoms with E-state index in [0.29, 0.717) is 18.0 Å². The number of hydrogen-bond donors (Lipinski definition) is 2. The molecule has 0 aliphatic carbocycles. The molecule has 1 saturated heterocycles. The molecule has 0 aromatic heterocycles. The van der Waals surface area contributed by atoms with Gasteiger partial charge in [0.1, 0.15) is 0 Å². The van der Waals surface area contributed by atoms with Crippen molar-refractivity contribution in [2.45, 2.75) is 33.1 Å². The van der Waals surface area contributed by atoms with Crippen LogP contribution in [-0.4, -0.2) is 36.5 Å². The van der Waals surface area contributed by atoms with E-state index in [1.54, 1.807) is 0 Å². The van der Waals surface area contributed by atoms with Gasteiger partial charge in [0, 0.05) is 30.9 Å². The lowest BCUT2D eigenvalue weighted by Gasteiger charge is -2.32. The Hall–Kier alpha value is -2.82. The number of urea groups is 1. The fourth-order valence-corrected chi connectivity index (χ4v) is 3.55. The molecule has 1 heterocycles. The van der Waals surface area contributed by atoms with Crippen molar-refractivity contribution in [1.82, 2.24) is 10.2 Å². The van der Waals surface area contributed by atoms with Crippen LogP contribution in [0.5, 0.6) is 0 Å². The van der Waals surface area contributed by atoms with E-state index in [9.17, 15) is 9.59 Å². The van der Waals surface area contributed by atoms with Gasteiger partial charge in [-0.1, -0.05) is 29.8 Å². The van der Waals surface area contributed by atoms with E-state index >= 15 is 0 Å². The Morgan fingerprint density at radius 2 is 1.71 bits per heavy atom. The van der Waals surface area contributed by atoms with Crippen molar-refractivity contribution < 1.29 is 9.59 Å². The molecule has 1 fully saturated rings. The number of carbonyl (C=O) groups is 2. The van der Waals surface area contributed by atoms with Gasteiger partial charge in [0.2, 0.25) is 0 Å². The van der Waals surface area contributed by atoms with Gasteiger partial charge in [0.05, 0.1) is 0 Å². The van der Waals surface area contributed by atoms with Crippen LogP contribution >= 0.6 is 0 Å². The molecule has 3 rings (SSSR count). The highest BCUT2D eigenvalue weighted by Crippen LogP contribution is 2.21. The third-order valence-electron chi connectivity index (χ3n) is 5.32. The van der Waals surface area contributed by atoms with Crippen molar-refractivity contribution in [3.05, 3.63) is 65.2 Å². The van der Waals surface area contributed by atoms with Crippen LogP contribution in [0.1, 0.15) is 40.7 Å². The predicted molar refractivity (Wildman–Crippen MR) is 113 cm³/mol. The third kappa shape index (κ3) is 5.59. The second-order valence-corrected chi connectivity index (χ2v) is 7.64. The molecule has 2 aromatic rings. The van der Waals surface area contributed by atoms with Crippen molar-refractivity contribution >= 4 is 17.6 Å². The minimum atomic E-state index is -0.0308. The summed E-state index contributed by atoms with van der Waals surface area (Å²) in [6.07, 6.45) is 2.90.